The van der Waals surface area contributed by atoms with Gasteiger partial charge in [0.25, 0.3) is 0 Å². The van der Waals surface area contributed by atoms with E-state index in [1.807, 2.05) is 19.1 Å². The molecule has 0 aliphatic heterocycles. The molecule has 0 unspecified atom stereocenters. The SMILES string of the molecule is Cc1cccc(Cl)c1OCc1ccc(C(=O)O/N=C(\N)c2ccc(Cl)cc2Cl)o1. The summed E-state index contributed by atoms with van der Waals surface area (Å²) >= 11 is 18.0. The van der Waals surface area contributed by atoms with Crippen molar-refractivity contribution in [2.24, 2.45) is 10.9 Å². The van der Waals surface area contributed by atoms with Gasteiger partial charge in [0.05, 0.1) is 10.0 Å². The molecule has 29 heavy (non-hydrogen) atoms. The quantitative estimate of drug-likeness (QED) is 0.227. The molecular formula is C20H15Cl3N2O4. The molecule has 2 aromatic carbocycles. The third kappa shape index (κ3) is 5.23. The van der Waals surface area contributed by atoms with Crippen LogP contribution in [0.4, 0.5) is 0 Å². The van der Waals surface area contributed by atoms with E-state index in [4.69, 9.17) is 54.5 Å². The van der Waals surface area contributed by atoms with Crippen LogP contribution in [0, 0.1) is 6.92 Å². The van der Waals surface area contributed by atoms with E-state index in [9.17, 15) is 4.79 Å². The highest BCUT2D eigenvalue weighted by molar-refractivity contribution is 6.36. The number of nitrogens with two attached hydrogens (primary N) is 1. The third-order valence-electron chi connectivity index (χ3n) is 3.82. The summed E-state index contributed by atoms with van der Waals surface area (Å²) in [6.07, 6.45) is 0. The number of furan rings is 1. The summed E-state index contributed by atoms with van der Waals surface area (Å²) in [5, 5.41) is 4.81. The van der Waals surface area contributed by atoms with E-state index in [1.54, 1.807) is 24.3 Å². The number of rotatable bonds is 6. The molecule has 6 nitrogen and oxygen atoms in total. The molecule has 0 saturated carbocycles. The molecule has 0 spiro atoms. The van der Waals surface area contributed by atoms with Gasteiger partial charge in [-0.15, -0.1) is 0 Å². The molecule has 150 valence electrons. The van der Waals surface area contributed by atoms with Crippen LogP contribution in [0.1, 0.15) is 27.4 Å². The Kier molecular flexibility index (Phi) is 6.69. The first kappa shape index (κ1) is 21.0. The Labute approximate surface area is 181 Å². The summed E-state index contributed by atoms with van der Waals surface area (Å²) in [5.74, 6) is 0.00152. The van der Waals surface area contributed by atoms with E-state index in [0.29, 0.717) is 27.1 Å². The van der Waals surface area contributed by atoms with Gasteiger partial charge in [0.1, 0.15) is 18.1 Å². The Bertz CT molecular complexity index is 1060. The number of hydrogen-bond acceptors (Lipinski definition) is 5. The zero-order valence-corrected chi connectivity index (χ0v) is 17.4. The van der Waals surface area contributed by atoms with Crippen LogP contribution in [0.15, 0.2) is 58.1 Å². The predicted octanol–water partition coefficient (Wildman–Crippen LogP) is 5.60. The number of carbonyl (C=O) groups excluding carboxylic acids is 1. The molecule has 2 N–H and O–H groups in total. The monoisotopic (exact) mass is 452 g/mol. The average Bonchev–Trinajstić information content (AvgIpc) is 3.14. The molecule has 0 amide bonds. The van der Waals surface area contributed by atoms with Crippen molar-refractivity contribution >= 4 is 46.6 Å². The van der Waals surface area contributed by atoms with Gasteiger partial charge in [-0.3, -0.25) is 0 Å². The van der Waals surface area contributed by atoms with Gasteiger partial charge in [-0.05, 0) is 48.9 Å². The molecule has 0 aliphatic rings. The second kappa shape index (κ2) is 9.22. The van der Waals surface area contributed by atoms with Crippen molar-refractivity contribution < 1.29 is 18.8 Å². The minimum absolute atomic E-state index is 0.0572. The first-order valence-electron chi connectivity index (χ1n) is 8.32. The standard InChI is InChI=1S/C20H15Cl3N2O4/c1-11-3-2-4-15(22)18(11)27-10-13-6-8-17(28-13)20(26)29-25-19(24)14-7-5-12(21)9-16(14)23/h2-9H,10H2,1H3,(H2,24,25). The molecule has 9 heteroatoms. The summed E-state index contributed by atoms with van der Waals surface area (Å²) in [6.45, 7) is 1.96. The van der Waals surface area contributed by atoms with Gasteiger partial charge in [0.15, 0.2) is 5.84 Å². The van der Waals surface area contributed by atoms with Crippen molar-refractivity contribution in [2.75, 3.05) is 0 Å². The lowest BCUT2D eigenvalue weighted by Gasteiger charge is -2.09. The van der Waals surface area contributed by atoms with Crippen LogP contribution in [0.2, 0.25) is 15.1 Å². The van der Waals surface area contributed by atoms with E-state index in [-0.39, 0.29) is 23.2 Å². The van der Waals surface area contributed by atoms with Crippen LogP contribution in [0.3, 0.4) is 0 Å². The number of nitrogens with zero attached hydrogens (tertiary/aromatic N) is 1. The van der Waals surface area contributed by atoms with Gasteiger partial charge in [0.2, 0.25) is 5.76 Å². The fourth-order valence-electron chi connectivity index (χ4n) is 2.39. The van der Waals surface area contributed by atoms with Crippen molar-refractivity contribution in [3.63, 3.8) is 0 Å². The Morgan fingerprint density at radius 1 is 1.10 bits per heavy atom. The second-order valence-electron chi connectivity index (χ2n) is 5.92. The largest absolute Gasteiger partial charge is 0.484 e. The van der Waals surface area contributed by atoms with Crippen molar-refractivity contribution in [1.29, 1.82) is 0 Å². The number of amidine groups is 1. The van der Waals surface area contributed by atoms with Crippen LogP contribution >= 0.6 is 34.8 Å². The van der Waals surface area contributed by atoms with E-state index < -0.39 is 5.97 Å². The van der Waals surface area contributed by atoms with Crippen molar-refractivity contribution in [2.45, 2.75) is 13.5 Å². The summed E-state index contributed by atoms with van der Waals surface area (Å²) in [6, 6.07) is 13.1. The molecule has 0 fully saturated rings. The van der Waals surface area contributed by atoms with Gasteiger partial charge >= 0.3 is 5.97 Å². The van der Waals surface area contributed by atoms with Crippen LogP contribution in [-0.2, 0) is 11.4 Å². The van der Waals surface area contributed by atoms with E-state index >= 15 is 0 Å². The zero-order valence-electron chi connectivity index (χ0n) is 15.1. The molecule has 3 aromatic rings. The van der Waals surface area contributed by atoms with Crippen molar-refractivity contribution in [3.05, 3.63) is 86.2 Å². The van der Waals surface area contributed by atoms with E-state index in [1.165, 1.54) is 12.1 Å². The topological polar surface area (TPSA) is 87.0 Å². The maximum atomic E-state index is 12.1. The summed E-state index contributed by atoms with van der Waals surface area (Å²) in [4.78, 5) is 16.9. The van der Waals surface area contributed by atoms with Crippen molar-refractivity contribution in [3.8, 4) is 5.75 Å². The van der Waals surface area contributed by atoms with Crippen molar-refractivity contribution in [1.82, 2.24) is 0 Å². The lowest BCUT2D eigenvalue weighted by Crippen LogP contribution is -2.15. The van der Waals surface area contributed by atoms with Gasteiger partial charge in [0, 0.05) is 10.6 Å². The molecule has 0 saturated heterocycles. The first-order valence-corrected chi connectivity index (χ1v) is 9.45. The van der Waals surface area contributed by atoms with Crippen LogP contribution in [0.25, 0.3) is 0 Å². The van der Waals surface area contributed by atoms with Crippen LogP contribution < -0.4 is 10.5 Å². The van der Waals surface area contributed by atoms with Gasteiger partial charge in [-0.2, -0.15) is 0 Å². The zero-order chi connectivity index (χ0) is 21.0. The number of aryl methyl sites for hydroxylation is 1. The first-order chi connectivity index (χ1) is 13.8. The van der Waals surface area contributed by atoms with Gasteiger partial charge < -0.3 is 19.7 Å². The lowest BCUT2D eigenvalue weighted by atomic mass is 10.2. The summed E-state index contributed by atoms with van der Waals surface area (Å²) in [5.41, 5.74) is 7.07. The number of ether oxygens (including phenoxy) is 1. The second-order valence-corrected chi connectivity index (χ2v) is 7.17. The number of benzene rings is 2. The number of oxime groups is 1. The highest BCUT2D eigenvalue weighted by Gasteiger charge is 2.15. The molecule has 1 heterocycles. The third-order valence-corrected chi connectivity index (χ3v) is 4.66. The average molecular weight is 454 g/mol. The fourth-order valence-corrected chi connectivity index (χ4v) is 3.17. The molecule has 0 atom stereocenters. The highest BCUT2D eigenvalue weighted by atomic mass is 35.5. The maximum absolute atomic E-state index is 12.1. The van der Waals surface area contributed by atoms with E-state index in [2.05, 4.69) is 5.16 Å². The Morgan fingerprint density at radius 2 is 1.90 bits per heavy atom. The van der Waals surface area contributed by atoms with Gasteiger partial charge in [-0.25, -0.2) is 4.79 Å². The minimum Gasteiger partial charge on any atom is -0.484 e. The summed E-state index contributed by atoms with van der Waals surface area (Å²) in [7, 11) is 0. The van der Waals surface area contributed by atoms with Crippen LogP contribution in [-0.4, -0.2) is 11.8 Å². The van der Waals surface area contributed by atoms with E-state index in [0.717, 1.165) is 5.56 Å². The predicted molar refractivity (Wildman–Crippen MR) is 112 cm³/mol. The molecule has 0 bridgehead atoms. The molecule has 3 rings (SSSR count). The Balaban J connectivity index is 1.63. The lowest BCUT2D eigenvalue weighted by molar-refractivity contribution is 0.0475. The number of halogens is 3. The van der Waals surface area contributed by atoms with Crippen LogP contribution in [0.5, 0.6) is 5.75 Å². The normalized spacial score (nSPS) is 11.4. The number of carbonyl (C=O) groups is 1. The number of para-hydroxylation sites is 1. The molecule has 0 radical (unpaired) electrons. The fraction of sp³-hybridized carbons (Fsp3) is 0.100. The molecule has 0 aliphatic carbocycles. The van der Waals surface area contributed by atoms with Gasteiger partial charge in [-0.1, -0.05) is 52.1 Å². The molecular weight excluding hydrogens is 439 g/mol. The maximum Gasteiger partial charge on any atom is 0.400 e. The molecule has 1 aromatic heterocycles. The minimum atomic E-state index is -0.821. The Morgan fingerprint density at radius 3 is 2.62 bits per heavy atom. The highest BCUT2D eigenvalue weighted by Crippen LogP contribution is 2.29. The Hall–Kier alpha value is -2.67. The smallest absolute Gasteiger partial charge is 0.400 e. The number of hydrogen-bond donors (Lipinski definition) is 1. The summed E-state index contributed by atoms with van der Waals surface area (Å²) < 4.78 is 11.1.